The van der Waals surface area contributed by atoms with Gasteiger partial charge in [0.15, 0.2) is 0 Å². The summed E-state index contributed by atoms with van der Waals surface area (Å²) in [6, 6.07) is 6.05. The minimum atomic E-state index is -0.327. The zero-order chi connectivity index (χ0) is 12.1. The third-order valence-electron chi connectivity index (χ3n) is 2.53. The van der Waals surface area contributed by atoms with E-state index in [0.717, 1.165) is 23.4 Å². The second kappa shape index (κ2) is 5.51. The Bertz CT molecular complexity index is 377. The van der Waals surface area contributed by atoms with Crippen LogP contribution < -0.4 is 16.4 Å². The highest BCUT2D eigenvalue weighted by Crippen LogP contribution is 2.21. The van der Waals surface area contributed by atoms with Crippen LogP contribution >= 0.6 is 0 Å². The summed E-state index contributed by atoms with van der Waals surface area (Å²) in [7, 11) is 0. The van der Waals surface area contributed by atoms with Crippen molar-refractivity contribution in [3.8, 4) is 0 Å². The number of likely N-dealkylation sites (N-methyl/N-ethyl adjacent to an activating group) is 1. The second-order valence-corrected chi connectivity index (χ2v) is 3.82. The highest BCUT2D eigenvalue weighted by Gasteiger charge is 2.11. The number of aryl methyl sites for hydroxylation is 1. The minimum Gasteiger partial charge on any atom is -0.368 e. The van der Waals surface area contributed by atoms with Gasteiger partial charge in [-0.25, -0.2) is 0 Å². The van der Waals surface area contributed by atoms with Gasteiger partial charge in [-0.2, -0.15) is 0 Å². The molecule has 0 radical (unpaired) electrons. The van der Waals surface area contributed by atoms with Gasteiger partial charge in [-0.1, -0.05) is 12.1 Å². The number of rotatable bonds is 5. The van der Waals surface area contributed by atoms with Gasteiger partial charge in [-0.3, -0.25) is 4.79 Å². The van der Waals surface area contributed by atoms with E-state index < -0.39 is 0 Å². The second-order valence-electron chi connectivity index (χ2n) is 3.82. The molecule has 16 heavy (non-hydrogen) atoms. The Hall–Kier alpha value is -1.55. The number of hydrogen-bond acceptors (Lipinski definition) is 3. The fourth-order valence-corrected chi connectivity index (χ4v) is 1.70. The summed E-state index contributed by atoms with van der Waals surface area (Å²) >= 11 is 0. The molecule has 4 nitrogen and oxygen atoms in total. The normalized spacial score (nSPS) is 10.2. The third kappa shape index (κ3) is 2.97. The number of primary amides is 1. The Kier molecular flexibility index (Phi) is 4.31. The summed E-state index contributed by atoms with van der Waals surface area (Å²) in [5.41, 5.74) is 14.1. The minimum absolute atomic E-state index is 0.229. The molecule has 1 amide bonds. The van der Waals surface area contributed by atoms with E-state index in [9.17, 15) is 4.79 Å². The lowest BCUT2D eigenvalue weighted by Gasteiger charge is -2.24. The van der Waals surface area contributed by atoms with Crippen molar-refractivity contribution in [3.05, 3.63) is 29.3 Å². The molecule has 1 rings (SSSR count). The zero-order valence-corrected chi connectivity index (χ0v) is 9.86. The van der Waals surface area contributed by atoms with Crippen LogP contribution in [0.15, 0.2) is 18.2 Å². The molecule has 0 atom stereocenters. The first-order chi connectivity index (χ1) is 7.58. The molecule has 1 aromatic rings. The van der Waals surface area contributed by atoms with Crippen LogP contribution in [0.2, 0.25) is 0 Å². The van der Waals surface area contributed by atoms with E-state index in [-0.39, 0.29) is 12.5 Å². The molecule has 0 aliphatic carbocycles. The van der Waals surface area contributed by atoms with Crippen molar-refractivity contribution in [1.29, 1.82) is 0 Å². The first-order valence-corrected chi connectivity index (χ1v) is 5.41. The molecular weight excluding hydrogens is 202 g/mol. The van der Waals surface area contributed by atoms with E-state index in [1.807, 2.05) is 36.9 Å². The van der Waals surface area contributed by atoms with Gasteiger partial charge in [0.1, 0.15) is 0 Å². The monoisotopic (exact) mass is 221 g/mol. The summed E-state index contributed by atoms with van der Waals surface area (Å²) in [5, 5.41) is 0. The van der Waals surface area contributed by atoms with Gasteiger partial charge in [-0.05, 0) is 31.0 Å². The largest absolute Gasteiger partial charge is 0.368 e. The molecule has 0 saturated carbocycles. The van der Waals surface area contributed by atoms with Gasteiger partial charge in [0.2, 0.25) is 5.91 Å². The standard InChI is InChI=1S/C12H19N3O/c1-3-15(8-12(14)16)11-6-9(2)4-5-10(11)7-13/h4-6H,3,7-8,13H2,1-2H3,(H2,14,16). The lowest BCUT2D eigenvalue weighted by atomic mass is 10.1. The Labute approximate surface area is 96.2 Å². The Balaban J connectivity index is 3.06. The third-order valence-corrected chi connectivity index (χ3v) is 2.53. The predicted molar refractivity (Wildman–Crippen MR) is 66.2 cm³/mol. The average molecular weight is 221 g/mol. The van der Waals surface area contributed by atoms with Crippen LogP contribution in [0.4, 0.5) is 5.69 Å². The molecule has 0 aliphatic heterocycles. The quantitative estimate of drug-likeness (QED) is 0.771. The maximum atomic E-state index is 11.0. The predicted octanol–water partition coefficient (Wildman–Crippen LogP) is 0.765. The number of nitrogens with zero attached hydrogens (tertiary/aromatic N) is 1. The summed E-state index contributed by atoms with van der Waals surface area (Å²) in [6.07, 6.45) is 0. The van der Waals surface area contributed by atoms with Crippen LogP contribution in [-0.4, -0.2) is 19.0 Å². The molecule has 1 aromatic carbocycles. The average Bonchev–Trinajstić information content (AvgIpc) is 2.25. The maximum Gasteiger partial charge on any atom is 0.236 e. The van der Waals surface area contributed by atoms with E-state index in [4.69, 9.17) is 11.5 Å². The number of anilines is 1. The molecule has 0 bridgehead atoms. The van der Waals surface area contributed by atoms with Gasteiger partial charge in [0, 0.05) is 18.8 Å². The van der Waals surface area contributed by atoms with Crippen molar-refractivity contribution in [3.63, 3.8) is 0 Å². The molecular formula is C12H19N3O. The SMILES string of the molecule is CCN(CC(N)=O)c1cc(C)ccc1CN. The van der Waals surface area contributed by atoms with Crippen LogP contribution in [0.5, 0.6) is 0 Å². The van der Waals surface area contributed by atoms with Crippen LogP contribution in [-0.2, 0) is 11.3 Å². The smallest absolute Gasteiger partial charge is 0.236 e. The molecule has 0 heterocycles. The number of benzene rings is 1. The van der Waals surface area contributed by atoms with Crippen LogP contribution in [0.3, 0.4) is 0 Å². The molecule has 4 heteroatoms. The van der Waals surface area contributed by atoms with Crippen molar-refractivity contribution in [2.75, 3.05) is 18.0 Å². The van der Waals surface area contributed by atoms with Gasteiger partial charge in [0.05, 0.1) is 6.54 Å². The van der Waals surface area contributed by atoms with E-state index in [2.05, 4.69) is 0 Å². The van der Waals surface area contributed by atoms with E-state index >= 15 is 0 Å². The fourth-order valence-electron chi connectivity index (χ4n) is 1.70. The van der Waals surface area contributed by atoms with E-state index in [0.29, 0.717) is 6.54 Å². The molecule has 0 fully saturated rings. The molecule has 0 aromatic heterocycles. The van der Waals surface area contributed by atoms with Crippen molar-refractivity contribution >= 4 is 11.6 Å². The van der Waals surface area contributed by atoms with Crippen LogP contribution in [0.1, 0.15) is 18.1 Å². The first-order valence-electron chi connectivity index (χ1n) is 5.41. The highest BCUT2D eigenvalue weighted by molar-refractivity contribution is 5.80. The number of nitrogens with two attached hydrogens (primary N) is 2. The molecule has 0 saturated heterocycles. The molecule has 0 aliphatic rings. The molecule has 4 N–H and O–H groups in total. The van der Waals surface area contributed by atoms with Crippen LogP contribution in [0.25, 0.3) is 0 Å². The molecule has 0 spiro atoms. The fraction of sp³-hybridized carbons (Fsp3) is 0.417. The number of hydrogen-bond donors (Lipinski definition) is 2. The van der Waals surface area contributed by atoms with Gasteiger partial charge < -0.3 is 16.4 Å². The summed E-state index contributed by atoms with van der Waals surface area (Å²) in [5.74, 6) is -0.327. The van der Waals surface area contributed by atoms with E-state index in [1.54, 1.807) is 0 Å². The summed E-state index contributed by atoms with van der Waals surface area (Å²) in [6.45, 7) is 5.44. The summed E-state index contributed by atoms with van der Waals surface area (Å²) < 4.78 is 0. The lowest BCUT2D eigenvalue weighted by Crippen LogP contribution is -2.34. The Morgan fingerprint density at radius 1 is 1.44 bits per heavy atom. The topological polar surface area (TPSA) is 72.3 Å². The van der Waals surface area contributed by atoms with Crippen molar-refractivity contribution in [2.24, 2.45) is 11.5 Å². The zero-order valence-electron chi connectivity index (χ0n) is 9.86. The highest BCUT2D eigenvalue weighted by atomic mass is 16.1. The number of amides is 1. The maximum absolute atomic E-state index is 11.0. The molecule has 88 valence electrons. The first kappa shape index (κ1) is 12.5. The van der Waals surface area contributed by atoms with Gasteiger partial charge in [-0.15, -0.1) is 0 Å². The lowest BCUT2D eigenvalue weighted by molar-refractivity contribution is -0.116. The number of carbonyl (C=O) groups is 1. The van der Waals surface area contributed by atoms with Gasteiger partial charge in [0.25, 0.3) is 0 Å². The number of carbonyl (C=O) groups excluding carboxylic acids is 1. The van der Waals surface area contributed by atoms with Crippen molar-refractivity contribution in [1.82, 2.24) is 0 Å². The van der Waals surface area contributed by atoms with Crippen LogP contribution in [0, 0.1) is 6.92 Å². The Morgan fingerprint density at radius 2 is 2.12 bits per heavy atom. The van der Waals surface area contributed by atoms with Crippen molar-refractivity contribution < 1.29 is 4.79 Å². The van der Waals surface area contributed by atoms with Gasteiger partial charge >= 0.3 is 0 Å². The van der Waals surface area contributed by atoms with E-state index in [1.165, 1.54) is 0 Å². The molecule has 0 unspecified atom stereocenters. The summed E-state index contributed by atoms with van der Waals surface area (Å²) in [4.78, 5) is 12.9. The Morgan fingerprint density at radius 3 is 2.62 bits per heavy atom. The van der Waals surface area contributed by atoms with Crippen molar-refractivity contribution in [2.45, 2.75) is 20.4 Å².